The van der Waals surface area contributed by atoms with Crippen LogP contribution in [-0.2, 0) is 18.1 Å². The number of carbonyl (C=O) groups is 1. The number of nitrogens with zero attached hydrogens (tertiary/aromatic N) is 4. The van der Waals surface area contributed by atoms with Crippen molar-refractivity contribution in [3.8, 4) is 11.5 Å². The second-order valence-electron chi connectivity index (χ2n) is 5.67. The molecule has 0 aliphatic carbocycles. The summed E-state index contributed by atoms with van der Waals surface area (Å²) in [5, 5.41) is 2.80. The third kappa shape index (κ3) is 2.27. The number of nitrogens with one attached hydrogen (secondary N) is 1. The van der Waals surface area contributed by atoms with E-state index in [9.17, 15) is 4.79 Å². The van der Waals surface area contributed by atoms with Crippen LogP contribution < -0.4 is 14.8 Å². The zero-order valence-corrected chi connectivity index (χ0v) is 13.4. The maximum absolute atomic E-state index is 11.8. The summed E-state index contributed by atoms with van der Waals surface area (Å²) < 4.78 is 13.2. The molecule has 2 aromatic rings. The maximum Gasteiger partial charge on any atom is 0.249 e. The van der Waals surface area contributed by atoms with Crippen LogP contribution >= 0.6 is 0 Å². The van der Waals surface area contributed by atoms with E-state index < -0.39 is 0 Å². The van der Waals surface area contributed by atoms with Gasteiger partial charge in [0.15, 0.2) is 18.2 Å². The molecule has 1 saturated heterocycles. The largest absolute Gasteiger partial charge is 0.492 e. The highest BCUT2D eigenvalue weighted by molar-refractivity contribution is 6.07. The summed E-state index contributed by atoms with van der Waals surface area (Å²) in [5.74, 6) is 1.82. The molecule has 24 heavy (non-hydrogen) atoms. The number of ether oxygens (including phenoxy) is 2. The summed E-state index contributed by atoms with van der Waals surface area (Å²) in [6, 6.07) is 3.45. The van der Waals surface area contributed by atoms with Gasteiger partial charge >= 0.3 is 0 Å². The van der Waals surface area contributed by atoms with Crippen molar-refractivity contribution in [3.63, 3.8) is 0 Å². The number of amides is 1. The van der Waals surface area contributed by atoms with Crippen molar-refractivity contribution in [1.29, 1.82) is 0 Å². The van der Waals surface area contributed by atoms with Crippen LogP contribution in [0.4, 0.5) is 5.69 Å². The Balaban J connectivity index is 1.66. The zero-order valence-electron chi connectivity index (χ0n) is 13.4. The minimum absolute atomic E-state index is 0.0443. The number of aliphatic imine (C=N–C) groups is 1. The fraction of sp³-hybridized carbons (Fsp3) is 0.312. The zero-order chi connectivity index (χ0) is 16.7. The van der Waals surface area contributed by atoms with E-state index in [0.29, 0.717) is 30.7 Å². The molecule has 3 heterocycles. The van der Waals surface area contributed by atoms with Gasteiger partial charge in [-0.05, 0) is 19.1 Å². The molecule has 0 saturated carbocycles. The average Bonchev–Trinajstić information content (AvgIpc) is 3.20. The number of guanidine groups is 1. The Bertz CT molecular complexity index is 815. The predicted octanol–water partition coefficient (Wildman–Crippen LogP) is 1.25. The minimum atomic E-state index is -0.253. The third-order valence-electron chi connectivity index (χ3n) is 4.24. The number of methoxy groups -OCH3 is 1. The van der Waals surface area contributed by atoms with Gasteiger partial charge < -0.3 is 18.9 Å². The SMILES string of the molecule is COc1c(OCn2ccnc2)ccc2c1CN1C(=N2)NC(=O)C1C. The van der Waals surface area contributed by atoms with Crippen molar-refractivity contribution in [2.75, 3.05) is 7.11 Å². The Labute approximate surface area is 138 Å². The van der Waals surface area contributed by atoms with Crippen molar-refractivity contribution >= 4 is 17.6 Å². The number of aromatic nitrogens is 2. The van der Waals surface area contributed by atoms with Gasteiger partial charge in [-0.2, -0.15) is 0 Å². The molecule has 8 nitrogen and oxygen atoms in total. The molecular formula is C16H17N5O3. The van der Waals surface area contributed by atoms with Crippen molar-refractivity contribution < 1.29 is 14.3 Å². The molecule has 1 aromatic heterocycles. The summed E-state index contributed by atoms with van der Waals surface area (Å²) >= 11 is 0. The summed E-state index contributed by atoms with van der Waals surface area (Å²) in [4.78, 5) is 22.3. The lowest BCUT2D eigenvalue weighted by Gasteiger charge is -2.27. The first-order valence-corrected chi connectivity index (χ1v) is 7.62. The third-order valence-corrected chi connectivity index (χ3v) is 4.24. The monoisotopic (exact) mass is 327 g/mol. The highest BCUT2D eigenvalue weighted by atomic mass is 16.5. The Hall–Kier alpha value is -3.03. The van der Waals surface area contributed by atoms with E-state index in [0.717, 1.165) is 11.3 Å². The number of hydrogen-bond donors (Lipinski definition) is 1. The number of imidazole rings is 1. The van der Waals surface area contributed by atoms with Gasteiger partial charge in [0.1, 0.15) is 6.04 Å². The molecule has 2 aliphatic heterocycles. The Kier molecular flexibility index (Phi) is 3.37. The van der Waals surface area contributed by atoms with Gasteiger partial charge in [-0.3, -0.25) is 10.1 Å². The lowest BCUT2D eigenvalue weighted by molar-refractivity contribution is -0.121. The van der Waals surface area contributed by atoms with E-state index in [2.05, 4.69) is 15.3 Å². The van der Waals surface area contributed by atoms with Gasteiger partial charge in [0.2, 0.25) is 11.9 Å². The number of carbonyl (C=O) groups excluding carboxylic acids is 1. The summed E-state index contributed by atoms with van der Waals surface area (Å²) in [7, 11) is 1.61. The van der Waals surface area contributed by atoms with E-state index >= 15 is 0 Å². The van der Waals surface area contributed by atoms with Crippen molar-refractivity contribution in [2.24, 2.45) is 4.99 Å². The van der Waals surface area contributed by atoms with Gasteiger partial charge in [0.05, 0.1) is 25.7 Å². The molecule has 0 radical (unpaired) electrons. The topological polar surface area (TPSA) is 81.0 Å². The molecule has 1 unspecified atom stereocenters. The second kappa shape index (κ2) is 5.55. The molecule has 124 valence electrons. The Morgan fingerprint density at radius 2 is 2.29 bits per heavy atom. The Morgan fingerprint density at radius 3 is 3.04 bits per heavy atom. The number of benzene rings is 1. The van der Waals surface area contributed by atoms with Crippen LogP contribution in [-0.4, -0.2) is 39.5 Å². The molecule has 1 N–H and O–H groups in total. The van der Waals surface area contributed by atoms with E-state index in [4.69, 9.17) is 9.47 Å². The first-order chi connectivity index (χ1) is 11.7. The van der Waals surface area contributed by atoms with Gasteiger partial charge in [0.25, 0.3) is 0 Å². The molecule has 2 aliphatic rings. The van der Waals surface area contributed by atoms with E-state index in [1.54, 1.807) is 19.6 Å². The lowest BCUT2D eigenvalue weighted by Crippen LogP contribution is -2.35. The van der Waals surface area contributed by atoms with Crippen LogP contribution in [0, 0.1) is 0 Å². The van der Waals surface area contributed by atoms with Crippen molar-refractivity contribution in [2.45, 2.75) is 26.2 Å². The smallest absolute Gasteiger partial charge is 0.249 e. The normalized spacial score (nSPS) is 18.6. The molecular weight excluding hydrogens is 310 g/mol. The fourth-order valence-corrected chi connectivity index (χ4v) is 2.90. The molecule has 1 aromatic carbocycles. The fourth-order valence-electron chi connectivity index (χ4n) is 2.90. The van der Waals surface area contributed by atoms with Crippen molar-refractivity contribution in [3.05, 3.63) is 36.4 Å². The average molecular weight is 327 g/mol. The minimum Gasteiger partial charge on any atom is -0.492 e. The van der Waals surface area contributed by atoms with Crippen LogP contribution in [0.1, 0.15) is 12.5 Å². The van der Waals surface area contributed by atoms with Crippen LogP contribution in [0.2, 0.25) is 0 Å². The van der Waals surface area contributed by atoms with Crippen molar-refractivity contribution in [1.82, 2.24) is 19.8 Å². The van der Waals surface area contributed by atoms with E-state index in [1.165, 1.54) is 0 Å². The number of fused-ring (bicyclic) bond motifs is 2. The molecule has 0 bridgehead atoms. The first kappa shape index (κ1) is 14.6. The molecule has 1 atom stereocenters. The molecule has 1 fully saturated rings. The van der Waals surface area contributed by atoms with E-state index in [1.807, 2.05) is 34.7 Å². The maximum atomic E-state index is 11.8. The van der Waals surface area contributed by atoms with E-state index in [-0.39, 0.29) is 11.9 Å². The van der Waals surface area contributed by atoms with Gasteiger partial charge in [-0.15, -0.1) is 0 Å². The van der Waals surface area contributed by atoms with Gasteiger partial charge in [-0.1, -0.05) is 0 Å². The highest BCUT2D eigenvalue weighted by Crippen LogP contribution is 2.41. The standard InChI is InChI=1S/C16H17N5O3/c1-10-15(22)19-16-18-12-3-4-13(24-9-20-6-5-17-8-20)14(23-2)11(12)7-21(10)16/h3-6,8,10H,7,9H2,1-2H3,(H,18,19,22). The summed E-state index contributed by atoms with van der Waals surface area (Å²) in [6.45, 7) is 2.73. The van der Waals surface area contributed by atoms with Gasteiger partial charge in [0, 0.05) is 18.0 Å². The predicted molar refractivity (Wildman–Crippen MR) is 86.1 cm³/mol. The Morgan fingerprint density at radius 1 is 1.42 bits per heavy atom. The van der Waals surface area contributed by atoms with Crippen LogP contribution in [0.5, 0.6) is 11.5 Å². The first-order valence-electron chi connectivity index (χ1n) is 7.62. The molecule has 1 amide bonds. The molecule has 8 heteroatoms. The lowest BCUT2D eigenvalue weighted by atomic mass is 10.1. The van der Waals surface area contributed by atoms with Crippen LogP contribution in [0.15, 0.2) is 35.8 Å². The second-order valence-corrected chi connectivity index (χ2v) is 5.67. The number of hydrogen-bond acceptors (Lipinski definition) is 6. The van der Waals surface area contributed by atoms with Crippen LogP contribution in [0.3, 0.4) is 0 Å². The highest BCUT2D eigenvalue weighted by Gasteiger charge is 2.37. The van der Waals surface area contributed by atoms with Gasteiger partial charge in [-0.25, -0.2) is 9.98 Å². The number of rotatable bonds is 4. The summed E-state index contributed by atoms with van der Waals surface area (Å²) in [5.41, 5.74) is 1.69. The summed E-state index contributed by atoms with van der Waals surface area (Å²) in [6.07, 6.45) is 5.21. The molecule has 4 rings (SSSR count). The quantitative estimate of drug-likeness (QED) is 0.914. The van der Waals surface area contributed by atoms with Crippen LogP contribution in [0.25, 0.3) is 0 Å². The molecule has 0 spiro atoms.